The highest BCUT2D eigenvalue weighted by molar-refractivity contribution is 5.68. The molecule has 8 saturated carbocycles. The molecule has 8 aromatic rings. The molecule has 0 saturated heterocycles. The lowest BCUT2D eigenvalue weighted by Crippen LogP contribution is -2.25. The Hall–Kier alpha value is -7.36. The predicted octanol–water partition coefficient (Wildman–Crippen LogP) is 36.6. The number of rotatable bonds is 22. The van der Waals surface area contributed by atoms with Gasteiger partial charge in [0.1, 0.15) is 23.3 Å². The molecule has 692 valence electrons. The summed E-state index contributed by atoms with van der Waals surface area (Å²) in [6.45, 7) is 9.11. The minimum Gasteiger partial charge on any atom is -0.206 e. The van der Waals surface area contributed by atoms with E-state index in [2.05, 4.69) is 27.7 Å². The number of halogens is 16. The van der Waals surface area contributed by atoms with Crippen LogP contribution in [0.25, 0.3) is 44.5 Å². The summed E-state index contributed by atoms with van der Waals surface area (Å²) in [6.07, 6.45) is 53.7. The minimum atomic E-state index is -1.53. The van der Waals surface area contributed by atoms with E-state index in [4.69, 9.17) is 0 Å². The average Bonchev–Trinajstić information content (AvgIpc) is 0.807. The Morgan fingerprint density at radius 2 is 0.394 bits per heavy atom. The first-order chi connectivity index (χ1) is 60.8. The molecule has 0 N–H and O–H groups in total. The molecule has 0 unspecified atom stereocenters. The van der Waals surface area contributed by atoms with E-state index in [1.807, 2.05) is 24.3 Å². The maximum atomic E-state index is 14.8. The summed E-state index contributed by atoms with van der Waals surface area (Å²) in [5.41, 5.74) is 4.27. The third-order valence-electron chi connectivity index (χ3n) is 31.8. The second-order valence-electron chi connectivity index (χ2n) is 39.4. The molecule has 0 aromatic heterocycles. The van der Waals surface area contributed by atoms with Crippen LogP contribution in [-0.2, 0) is 0 Å². The second-order valence-corrected chi connectivity index (χ2v) is 39.4. The van der Waals surface area contributed by atoms with Gasteiger partial charge in [-0.3, -0.25) is 0 Å². The van der Waals surface area contributed by atoms with Gasteiger partial charge in [-0.05, 0) is 366 Å². The molecule has 0 radical (unpaired) electrons. The lowest BCUT2D eigenvalue weighted by Gasteiger charge is -2.38. The molecule has 0 amide bonds. The van der Waals surface area contributed by atoms with Gasteiger partial charge in [0.25, 0.3) is 0 Å². The van der Waals surface area contributed by atoms with E-state index >= 15 is 0 Å². The summed E-state index contributed by atoms with van der Waals surface area (Å²) < 4.78 is 220. The molecule has 8 aliphatic carbocycles. The molecule has 8 aromatic carbocycles. The smallest absolute Gasteiger partial charge is 0.194 e. The van der Waals surface area contributed by atoms with Crippen LogP contribution < -0.4 is 0 Å². The van der Waals surface area contributed by atoms with E-state index in [-0.39, 0.29) is 51.9 Å². The third-order valence-corrected chi connectivity index (χ3v) is 31.8. The number of unbranched alkanes of at least 4 members (excludes halogenated alkanes) is 3. The molecule has 0 atom stereocenters. The van der Waals surface area contributed by atoms with Crippen LogP contribution in [0.4, 0.5) is 70.2 Å². The molecule has 0 bridgehead atoms. The highest BCUT2D eigenvalue weighted by atomic mass is 19.2. The molecule has 127 heavy (non-hydrogen) atoms. The van der Waals surface area contributed by atoms with Gasteiger partial charge >= 0.3 is 0 Å². The van der Waals surface area contributed by atoms with Gasteiger partial charge in [-0.1, -0.05) is 199 Å². The zero-order valence-electron chi connectivity index (χ0n) is 74.5. The van der Waals surface area contributed by atoms with Crippen molar-refractivity contribution in [1.29, 1.82) is 0 Å². The molecule has 16 heteroatoms. The van der Waals surface area contributed by atoms with Crippen molar-refractivity contribution in [3.63, 3.8) is 0 Å². The molecule has 0 nitrogen and oxygen atoms in total. The normalized spacial score (nSPS) is 26.3. The highest BCUT2D eigenvalue weighted by Crippen LogP contribution is 2.51. The fourth-order valence-corrected chi connectivity index (χ4v) is 24.1. The Morgan fingerprint density at radius 3 is 0.591 bits per heavy atom. The van der Waals surface area contributed by atoms with Gasteiger partial charge in [0.05, 0.1) is 0 Å². The molecule has 8 fully saturated rings. The number of hydrogen-bond donors (Lipinski definition) is 0. The van der Waals surface area contributed by atoms with Gasteiger partial charge in [-0.25, -0.2) is 70.2 Å². The fraction of sp³-hybridized carbons (Fsp3) is 0.568. The van der Waals surface area contributed by atoms with Crippen molar-refractivity contribution >= 4 is 0 Å². The predicted molar refractivity (Wildman–Crippen MR) is 483 cm³/mol. The molecular weight excluding hydrogens is 1640 g/mol. The summed E-state index contributed by atoms with van der Waals surface area (Å²) in [7, 11) is 0. The molecule has 8 aliphatic rings. The maximum Gasteiger partial charge on any atom is 0.194 e. The number of benzene rings is 8. The van der Waals surface area contributed by atoms with Crippen molar-refractivity contribution in [3.05, 3.63) is 237 Å². The van der Waals surface area contributed by atoms with Crippen LogP contribution in [0.2, 0.25) is 0 Å². The van der Waals surface area contributed by atoms with Gasteiger partial charge in [0.2, 0.25) is 0 Å². The van der Waals surface area contributed by atoms with Gasteiger partial charge in [-0.15, -0.1) is 0 Å². The maximum absolute atomic E-state index is 14.8. The van der Waals surface area contributed by atoms with Crippen molar-refractivity contribution in [2.75, 3.05) is 0 Å². The zero-order valence-corrected chi connectivity index (χ0v) is 74.5. The van der Waals surface area contributed by atoms with Crippen LogP contribution in [0.3, 0.4) is 0 Å². The van der Waals surface area contributed by atoms with Gasteiger partial charge in [0.15, 0.2) is 69.8 Å². The van der Waals surface area contributed by atoms with E-state index < -0.39 is 93.1 Å². The van der Waals surface area contributed by atoms with Gasteiger partial charge in [-0.2, -0.15) is 0 Å². The zero-order chi connectivity index (χ0) is 89.2. The van der Waals surface area contributed by atoms with Crippen molar-refractivity contribution in [2.45, 2.75) is 328 Å². The summed E-state index contributed by atoms with van der Waals surface area (Å²) >= 11 is 0. The molecule has 16 rings (SSSR count). The molecule has 0 aliphatic heterocycles. The van der Waals surface area contributed by atoms with Crippen LogP contribution in [0, 0.1) is 164 Å². The van der Waals surface area contributed by atoms with Crippen LogP contribution >= 0.6 is 0 Å². The topological polar surface area (TPSA) is 0 Å². The number of hydrogen-bond acceptors (Lipinski definition) is 0. The summed E-state index contributed by atoms with van der Waals surface area (Å²) in [5.74, 6) is -6.94. The monoisotopic (exact) mass is 1770 g/mol. The Balaban J connectivity index is 0.000000153. The van der Waals surface area contributed by atoms with Crippen LogP contribution in [0.1, 0.15) is 351 Å². The standard InChI is InChI=1S/C29H36F4.C28H34F4.C27H32F4.C26H30F4.CH4/c1-2-3-4-5-19-6-8-20(9-7-19)21-10-12-22(13-11-21)23-14-15-25(26(30)16-23)24-17-27(31)29(33)28(32)18-24;1-2-3-4-18-5-7-19(8-6-18)20-9-11-21(12-10-20)22-13-14-24(25(29)15-22)23-16-26(30)28(32)27(31)17-23;1-2-3-17-4-6-18(7-5-17)19-8-10-20(11-9-19)21-12-13-23(24(28)14-21)22-15-25(29)27(31)26(30)16-22;1-2-16-3-5-17(6-4-16)18-7-9-19(10-8-18)20-11-12-22(23(27)13-20)21-14-24(28)26(30)25(29)15-21;/h14-22H,2-13H2,1H3;13-21H,2-12H2,1H3;12-20H,2-11H2,1H3;11-19H,2-10H2,1H3;1H4. The average molecular weight is 1770 g/mol. The van der Waals surface area contributed by atoms with Crippen molar-refractivity contribution in [1.82, 2.24) is 0 Å². The van der Waals surface area contributed by atoms with Crippen LogP contribution in [0.15, 0.2) is 121 Å². The summed E-state index contributed by atoms with van der Waals surface area (Å²) in [6, 6.07) is 26.5. The molecule has 0 heterocycles. The van der Waals surface area contributed by atoms with Gasteiger partial charge in [0, 0.05) is 22.3 Å². The Morgan fingerprint density at radius 1 is 0.197 bits per heavy atom. The van der Waals surface area contributed by atoms with E-state index in [1.165, 1.54) is 243 Å². The van der Waals surface area contributed by atoms with Crippen molar-refractivity contribution in [2.24, 2.45) is 71.0 Å². The second kappa shape index (κ2) is 47.1. The first-order valence-electron chi connectivity index (χ1n) is 48.6. The first-order valence-corrected chi connectivity index (χ1v) is 48.6. The van der Waals surface area contributed by atoms with Crippen molar-refractivity contribution in [3.8, 4) is 44.5 Å². The quantitative estimate of drug-likeness (QED) is 0.0360. The largest absolute Gasteiger partial charge is 0.206 e. The van der Waals surface area contributed by atoms with E-state index in [9.17, 15) is 70.2 Å². The minimum absolute atomic E-state index is 0. The summed E-state index contributed by atoms with van der Waals surface area (Å²) in [4.78, 5) is 0. The Bertz CT molecular complexity index is 4700. The van der Waals surface area contributed by atoms with Crippen LogP contribution in [-0.4, -0.2) is 0 Å². The van der Waals surface area contributed by atoms with Crippen molar-refractivity contribution < 1.29 is 70.2 Å². The molecule has 0 spiro atoms. The van der Waals surface area contributed by atoms with E-state index in [0.29, 0.717) is 23.7 Å². The molecular formula is C111H136F16. The third kappa shape index (κ3) is 25.7. The first kappa shape index (κ1) is 98.7. The summed E-state index contributed by atoms with van der Waals surface area (Å²) in [5, 5.41) is 0. The lowest BCUT2D eigenvalue weighted by atomic mass is 9.68. The SMILES string of the molecule is C.CCC1CCC(C2CCC(c3ccc(-c4cc(F)c(F)c(F)c4)c(F)c3)CC2)CC1.CCCC1CCC(C2CCC(c3ccc(-c4cc(F)c(F)c(F)c4)c(F)c3)CC2)CC1.CCCCC1CCC(C2CCC(c3ccc(-c4cc(F)c(F)c(F)c4)c(F)c3)CC2)CC1.CCCCCC1CCC(C2CCC(c3ccc(-c4cc(F)c(F)c(F)c4)c(F)c3)CC2)CC1. The van der Waals surface area contributed by atoms with E-state index in [1.54, 1.807) is 24.3 Å². The fourth-order valence-electron chi connectivity index (χ4n) is 24.1. The van der Waals surface area contributed by atoms with Gasteiger partial charge < -0.3 is 0 Å². The highest BCUT2D eigenvalue weighted by Gasteiger charge is 2.37. The lowest BCUT2D eigenvalue weighted by molar-refractivity contribution is 0.155. The Kier molecular flexibility index (Phi) is 36.6. The Labute approximate surface area is 746 Å². The van der Waals surface area contributed by atoms with E-state index in [0.717, 1.165) is 193 Å². The van der Waals surface area contributed by atoms with Crippen LogP contribution in [0.5, 0.6) is 0 Å².